The molecule has 110 valence electrons. The van der Waals surface area contributed by atoms with Crippen molar-refractivity contribution in [2.75, 3.05) is 6.54 Å². The second-order valence-electron chi connectivity index (χ2n) is 5.85. The summed E-state index contributed by atoms with van der Waals surface area (Å²) in [7, 11) is 0. The molecule has 1 aromatic rings. The molecule has 0 radical (unpaired) electrons. The van der Waals surface area contributed by atoms with Crippen LogP contribution in [0, 0.1) is 5.92 Å². The fourth-order valence-electron chi connectivity index (χ4n) is 2.86. The van der Waals surface area contributed by atoms with Crippen LogP contribution < -0.4 is 5.32 Å². The van der Waals surface area contributed by atoms with E-state index in [2.05, 4.69) is 43.1 Å². The van der Waals surface area contributed by atoms with Crippen LogP contribution in [0.2, 0.25) is 0 Å². The Morgan fingerprint density at radius 1 is 1.40 bits per heavy atom. The van der Waals surface area contributed by atoms with E-state index < -0.39 is 0 Å². The largest absolute Gasteiger partial charge is 0.335 e. The van der Waals surface area contributed by atoms with Crippen molar-refractivity contribution in [1.82, 2.24) is 10.2 Å². The van der Waals surface area contributed by atoms with E-state index in [-0.39, 0.29) is 12.0 Å². The zero-order valence-corrected chi connectivity index (χ0v) is 12.8. The first-order valence-electron chi connectivity index (χ1n) is 7.71. The summed E-state index contributed by atoms with van der Waals surface area (Å²) in [5, 5.41) is 3.38. The van der Waals surface area contributed by atoms with E-state index in [0.717, 1.165) is 25.9 Å². The Bertz CT molecular complexity index is 432. The number of hydrogen-bond acceptors (Lipinski definition) is 2. The summed E-state index contributed by atoms with van der Waals surface area (Å²) in [6, 6.07) is 10.9. The van der Waals surface area contributed by atoms with Gasteiger partial charge in [-0.15, -0.1) is 0 Å². The molecule has 1 aliphatic heterocycles. The minimum atomic E-state index is 0.132. The normalized spacial score (nSPS) is 23.6. The zero-order chi connectivity index (χ0) is 14.5. The first-order chi connectivity index (χ1) is 9.63. The van der Waals surface area contributed by atoms with Gasteiger partial charge < -0.3 is 10.2 Å². The van der Waals surface area contributed by atoms with Gasteiger partial charge in [0.05, 0.1) is 5.92 Å². The predicted octanol–water partition coefficient (Wildman–Crippen LogP) is 2.81. The zero-order valence-electron chi connectivity index (χ0n) is 12.8. The van der Waals surface area contributed by atoms with Crippen molar-refractivity contribution in [3.05, 3.63) is 35.9 Å². The molecule has 3 atom stereocenters. The Hall–Kier alpha value is -1.35. The molecule has 0 spiro atoms. The molecule has 0 bridgehead atoms. The Labute approximate surface area is 122 Å². The number of benzene rings is 1. The Morgan fingerprint density at radius 3 is 2.65 bits per heavy atom. The SMILES string of the molecule is CCC(C)N(Cc1ccccc1)C(=O)C1CCNC1C. The van der Waals surface area contributed by atoms with Gasteiger partial charge in [-0.1, -0.05) is 37.3 Å². The highest BCUT2D eigenvalue weighted by Gasteiger charge is 2.33. The van der Waals surface area contributed by atoms with E-state index in [1.807, 2.05) is 18.2 Å². The summed E-state index contributed by atoms with van der Waals surface area (Å²) in [5.74, 6) is 0.438. The predicted molar refractivity (Wildman–Crippen MR) is 82.3 cm³/mol. The second kappa shape index (κ2) is 6.89. The standard InChI is InChI=1S/C17H26N2O/c1-4-13(2)19(12-15-8-6-5-7-9-15)17(20)16-10-11-18-14(16)3/h5-9,13-14,16,18H,4,10-12H2,1-3H3. The van der Waals surface area contributed by atoms with E-state index in [1.165, 1.54) is 5.56 Å². The first-order valence-corrected chi connectivity index (χ1v) is 7.71. The number of carbonyl (C=O) groups excluding carboxylic acids is 1. The lowest BCUT2D eigenvalue weighted by Gasteiger charge is -2.32. The average Bonchev–Trinajstić information content (AvgIpc) is 2.90. The molecular weight excluding hydrogens is 248 g/mol. The molecule has 0 aliphatic carbocycles. The average molecular weight is 274 g/mol. The monoisotopic (exact) mass is 274 g/mol. The maximum Gasteiger partial charge on any atom is 0.227 e. The van der Waals surface area contributed by atoms with Gasteiger partial charge in [0.1, 0.15) is 0 Å². The molecule has 2 rings (SSSR count). The molecule has 3 unspecified atom stereocenters. The van der Waals surface area contributed by atoms with Crippen molar-refractivity contribution in [3.8, 4) is 0 Å². The highest BCUT2D eigenvalue weighted by atomic mass is 16.2. The number of hydrogen-bond donors (Lipinski definition) is 1. The highest BCUT2D eigenvalue weighted by molar-refractivity contribution is 5.80. The van der Waals surface area contributed by atoms with Crippen LogP contribution in [0.4, 0.5) is 0 Å². The minimum absolute atomic E-state index is 0.132. The molecule has 1 aliphatic rings. The van der Waals surface area contributed by atoms with Gasteiger partial charge in [0, 0.05) is 18.6 Å². The van der Waals surface area contributed by atoms with Crippen molar-refractivity contribution in [3.63, 3.8) is 0 Å². The Kier molecular flexibility index (Phi) is 5.18. The van der Waals surface area contributed by atoms with Crippen LogP contribution in [-0.2, 0) is 11.3 Å². The summed E-state index contributed by atoms with van der Waals surface area (Å²) in [6.45, 7) is 8.09. The lowest BCUT2D eigenvalue weighted by molar-refractivity contribution is -0.138. The topological polar surface area (TPSA) is 32.3 Å². The Balaban J connectivity index is 2.13. The van der Waals surface area contributed by atoms with Gasteiger partial charge in [0.25, 0.3) is 0 Å². The van der Waals surface area contributed by atoms with Crippen LogP contribution in [0.1, 0.15) is 39.2 Å². The molecular formula is C17H26N2O. The number of nitrogens with zero attached hydrogens (tertiary/aromatic N) is 1. The molecule has 3 nitrogen and oxygen atoms in total. The van der Waals surface area contributed by atoms with Crippen molar-refractivity contribution < 1.29 is 4.79 Å². The summed E-state index contributed by atoms with van der Waals surface area (Å²) in [6.07, 6.45) is 1.95. The lowest BCUT2D eigenvalue weighted by Crippen LogP contribution is -2.44. The van der Waals surface area contributed by atoms with Gasteiger partial charge in [-0.3, -0.25) is 4.79 Å². The van der Waals surface area contributed by atoms with Gasteiger partial charge in [-0.05, 0) is 38.8 Å². The molecule has 1 heterocycles. The molecule has 1 aromatic carbocycles. The van der Waals surface area contributed by atoms with Gasteiger partial charge in [-0.2, -0.15) is 0 Å². The smallest absolute Gasteiger partial charge is 0.227 e. The van der Waals surface area contributed by atoms with Gasteiger partial charge in [0.2, 0.25) is 5.91 Å². The van der Waals surface area contributed by atoms with Gasteiger partial charge in [0.15, 0.2) is 0 Å². The van der Waals surface area contributed by atoms with E-state index in [1.54, 1.807) is 0 Å². The number of rotatable bonds is 5. The second-order valence-corrected chi connectivity index (χ2v) is 5.85. The third kappa shape index (κ3) is 3.40. The molecule has 1 N–H and O–H groups in total. The van der Waals surface area contributed by atoms with E-state index >= 15 is 0 Å². The molecule has 0 aromatic heterocycles. The van der Waals surface area contributed by atoms with Gasteiger partial charge >= 0.3 is 0 Å². The van der Waals surface area contributed by atoms with Crippen molar-refractivity contribution in [2.45, 2.75) is 52.2 Å². The van der Waals surface area contributed by atoms with E-state index in [0.29, 0.717) is 11.9 Å². The molecule has 0 saturated carbocycles. The lowest BCUT2D eigenvalue weighted by atomic mass is 9.98. The van der Waals surface area contributed by atoms with Crippen molar-refractivity contribution in [2.24, 2.45) is 5.92 Å². The summed E-state index contributed by atoms with van der Waals surface area (Å²) in [4.78, 5) is 14.9. The molecule has 3 heteroatoms. The van der Waals surface area contributed by atoms with Crippen molar-refractivity contribution in [1.29, 1.82) is 0 Å². The van der Waals surface area contributed by atoms with Crippen LogP contribution in [0.3, 0.4) is 0 Å². The number of carbonyl (C=O) groups is 1. The van der Waals surface area contributed by atoms with E-state index in [4.69, 9.17) is 0 Å². The van der Waals surface area contributed by atoms with Crippen LogP contribution in [-0.4, -0.2) is 29.4 Å². The van der Waals surface area contributed by atoms with Crippen LogP contribution in [0.25, 0.3) is 0 Å². The van der Waals surface area contributed by atoms with Crippen LogP contribution in [0.5, 0.6) is 0 Å². The van der Waals surface area contributed by atoms with Crippen LogP contribution in [0.15, 0.2) is 30.3 Å². The molecule has 20 heavy (non-hydrogen) atoms. The molecule has 1 saturated heterocycles. The minimum Gasteiger partial charge on any atom is -0.335 e. The number of amides is 1. The maximum atomic E-state index is 12.8. The third-order valence-electron chi connectivity index (χ3n) is 4.44. The third-order valence-corrected chi connectivity index (χ3v) is 4.44. The fraction of sp³-hybridized carbons (Fsp3) is 0.588. The maximum absolute atomic E-state index is 12.8. The fourth-order valence-corrected chi connectivity index (χ4v) is 2.86. The van der Waals surface area contributed by atoms with Crippen molar-refractivity contribution >= 4 is 5.91 Å². The quantitative estimate of drug-likeness (QED) is 0.895. The van der Waals surface area contributed by atoms with Crippen LogP contribution >= 0.6 is 0 Å². The number of nitrogens with one attached hydrogen (secondary N) is 1. The highest BCUT2D eigenvalue weighted by Crippen LogP contribution is 2.22. The van der Waals surface area contributed by atoms with Gasteiger partial charge in [-0.25, -0.2) is 0 Å². The summed E-state index contributed by atoms with van der Waals surface area (Å²) < 4.78 is 0. The summed E-state index contributed by atoms with van der Waals surface area (Å²) in [5.41, 5.74) is 1.21. The summed E-state index contributed by atoms with van der Waals surface area (Å²) >= 11 is 0. The molecule has 1 amide bonds. The van der Waals surface area contributed by atoms with E-state index in [9.17, 15) is 4.79 Å². The Morgan fingerprint density at radius 2 is 2.10 bits per heavy atom. The first kappa shape index (κ1) is 15.0. The molecule has 1 fully saturated rings.